The van der Waals surface area contributed by atoms with Crippen LogP contribution in [0.5, 0.6) is 0 Å². The summed E-state index contributed by atoms with van der Waals surface area (Å²) in [4.78, 5) is 0.299. The summed E-state index contributed by atoms with van der Waals surface area (Å²) in [6.45, 7) is 3.45. The Bertz CT molecular complexity index is 554. The van der Waals surface area contributed by atoms with E-state index in [1.165, 1.54) is 10.4 Å². The molecule has 0 amide bonds. The molecule has 0 aromatic heterocycles. The van der Waals surface area contributed by atoms with Crippen LogP contribution >= 0.6 is 11.6 Å². The number of nitrogens with zero attached hydrogens (tertiary/aromatic N) is 1. The molecule has 19 heavy (non-hydrogen) atoms. The van der Waals surface area contributed by atoms with E-state index >= 15 is 0 Å². The van der Waals surface area contributed by atoms with E-state index in [2.05, 4.69) is 5.32 Å². The lowest BCUT2D eigenvalue weighted by atomic mass is 10.1. The number of likely N-dealkylation sites (N-methyl/N-ethyl adjacent to an activating group) is 1. The van der Waals surface area contributed by atoms with Gasteiger partial charge in [-0.15, -0.1) is 0 Å². The van der Waals surface area contributed by atoms with Gasteiger partial charge in [0.25, 0.3) is 0 Å². The number of aryl methyl sites for hydroxylation is 1. The van der Waals surface area contributed by atoms with Gasteiger partial charge < -0.3 is 5.32 Å². The molecule has 1 aromatic carbocycles. The van der Waals surface area contributed by atoms with Gasteiger partial charge in [0, 0.05) is 24.7 Å². The average molecular weight is 303 g/mol. The van der Waals surface area contributed by atoms with Crippen LogP contribution in [0.4, 0.5) is 0 Å². The third kappa shape index (κ3) is 3.11. The average Bonchev–Trinajstić information content (AvgIpc) is 2.41. The van der Waals surface area contributed by atoms with Gasteiger partial charge in [-0.25, -0.2) is 8.42 Å². The molecule has 2 rings (SSSR count). The molecule has 4 nitrogen and oxygen atoms in total. The minimum atomic E-state index is -3.48. The number of hydrogen-bond donors (Lipinski definition) is 1. The van der Waals surface area contributed by atoms with Gasteiger partial charge in [0.1, 0.15) is 0 Å². The lowest BCUT2D eigenvalue weighted by Gasteiger charge is -2.31. The van der Waals surface area contributed by atoms with Crippen molar-refractivity contribution in [2.75, 3.05) is 20.1 Å². The molecule has 1 N–H and O–H groups in total. The van der Waals surface area contributed by atoms with Crippen molar-refractivity contribution in [1.82, 2.24) is 9.62 Å². The number of rotatable bonds is 3. The van der Waals surface area contributed by atoms with Crippen LogP contribution in [0, 0.1) is 6.92 Å². The molecule has 1 heterocycles. The van der Waals surface area contributed by atoms with E-state index in [-0.39, 0.29) is 6.04 Å². The molecule has 0 saturated carbocycles. The number of sulfonamides is 1. The molecule has 1 saturated heterocycles. The normalized spacial score (nSPS) is 20.7. The van der Waals surface area contributed by atoms with Gasteiger partial charge in [-0.3, -0.25) is 0 Å². The molecule has 0 aliphatic carbocycles. The first kappa shape index (κ1) is 14.8. The van der Waals surface area contributed by atoms with Crippen molar-refractivity contribution in [2.24, 2.45) is 0 Å². The summed E-state index contributed by atoms with van der Waals surface area (Å²) in [7, 11) is -1.84. The van der Waals surface area contributed by atoms with Gasteiger partial charge in [-0.2, -0.15) is 4.31 Å². The fourth-order valence-electron chi connectivity index (χ4n) is 2.35. The second kappa shape index (κ2) is 5.79. The first-order valence-corrected chi connectivity index (χ1v) is 8.19. The monoisotopic (exact) mass is 302 g/mol. The lowest BCUT2D eigenvalue weighted by molar-refractivity contribution is 0.300. The molecule has 1 aromatic rings. The maximum Gasteiger partial charge on any atom is 0.243 e. The zero-order valence-corrected chi connectivity index (χ0v) is 12.8. The highest BCUT2D eigenvalue weighted by molar-refractivity contribution is 7.89. The molecule has 0 bridgehead atoms. The van der Waals surface area contributed by atoms with Crippen LogP contribution in [0.3, 0.4) is 0 Å². The Morgan fingerprint density at radius 1 is 1.42 bits per heavy atom. The first-order valence-electron chi connectivity index (χ1n) is 6.38. The molecule has 1 aliphatic rings. The van der Waals surface area contributed by atoms with E-state index in [4.69, 9.17) is 11.6 Å². The highest BCUT2D eigenvalue weighted by Gasteiger charge is 2.30. The Morgan fingerprint density at radius 2 is 2.16 bits per heavy atom. The van der Waals surface area contributed by atoms with E-state index in [0.29, 0.717) is 16.5 Å². The quantitative estimate of drug-likeness (QED) is 0.929. The molecular weight excluding hydrogens is 284 g/mol. The van der Waals surface area contributed by atoms with Crippen LogP contribution in [-0.4, -0.2) is 38.9 Å². The fourth-order valence-corrected chi connectivity index (χ4v) is 4.22. The molecule has 0 radical (unpaired) electrons. The van der Waals surface area contributed by atoms with Crippen LogP contribution in [0.2, 0.25) is 5.02 Å². The summed E-state index contributed by atoms with van der Waals surface area (Å²) in [5.74, 6) is 0. The summed E-state index contributed by atoms with van der Waals surface area (Å²) >= 11 is 5.92. The largest absolute Gasteiger partial charge is 0.315 e. The number of benzene rings is 1. The third-order valence-corrected chi connectivity index (χ3v) is 5.88. The third-order valence-electron chi connectivity index (χ3n) is 3.59. The fraction of sp³-hybridized carbons (Fsp3) is 0.538. The van der Waals surface area contributed by atoms with Crippen molar-refractivity contribution in [1.29, 1.82) is 0 Å². The van der Waals surface area contributed by atoms with Gasteiger partial charge >= 0.3 is 0 Å². The molecule has 0 spiro atoms. The van der Waals surface area contributed by atoms with Gasteiger partial charge in [0.2, 0.25) is 10.0 Å². The Balaban J connectivity index is 2.33. The molecule has 1 aliphatic heterocycles. The topological polar surface area (TPSA) is 49.4 Å². The van der Waals surface area contributed by atoms with E-state index in [1.54, 1.807) is 26.1 Å². The first-order chi connectivity index (χ1) is 8.93. The highest BCUT2D eigenvalue weighted by Crippen LogP contribution is 2.25. The molecule has 1 atom stereocenters. The molecule has 1 fully saturated rings. The lowest BCUT2D eigenvalue weighted by Crippen LogP contribution is -2.46. The zero-order valence-electron chi connectivity index (χ0n) is 11.2. The number of halogens is 1. The Morgan fingerprint density at radius 3 is 2.79 bits per heavy atom. The molecule has 1 unspecified atom stereocenters. The van der Waals surface area contributed by atoms with Crippen LogP contribution in [0.1, 0.15) is 18.4 Å². The summed E-state index contributed by atoms with van der Waals surface area (Å²) in [5, 5.41) is 3.68. The Hall–Kier alpha value is -0.620. The van der Waals surface area contributed by atoms with Gasteiger partial charge in [0.05, 0.1) is 4.90 Å². The SMILES string of the molecule is Cc1ccc(Cl)cc1S(=O)(=O)N(C)C1CCCNC1. The van der Waals surface area contributed by atoms with Crippen molar-refractivity contribution in [2.45, 2.75) is 30.7 Å². The van der Waals surface area contributed by atoms with Crippen molar-refractivity contribution in [3.05, 3.63) is 28.8 Å². The predicted molar refractivity (Wildman–Crippen MR) is 77.0 cm³/mol. The zero-order chi connectivity index (χ0) is 14.0. The standard InChI is InChI=1S/C13H19ClN2O2S/c1-10-5-6-11(14)8-13(10)19(17,18)16(2)12-4-3-7-15-9-12/h5-6,8,12,15H,3-4,7,9H2,1-2H3. The highest BCUT2D eigenvalue weighted by atomic mass is 35.5. The van der Waals surface area contributed by atoms with Crippen molar-refractivity contribution >= 4 is 21.6 Å². The maximum absolute atomic E-state index is 12.6. The van der Waals surface area contributed by atoms with Crippen molar-refractivity contribution in [3.63, 3.8) is 0 Å². The number of nitrogens with one attached hydrogen (secondary N) is 1. The Kier molecular flexibility index (Phi) is 4.50. The van der Waals surface area contributed by atoms with Gasteiger partial charge in [-0.05, 0) is 44.0 Å². The van der Waals surface area contributed by atoms with Crippen molar-refractivity contribution in [3.8, 4) is 0 Å². The van der Waals surface area contributed by atoms with Crippen LogP contribution in [0.25, 0.3) is 0 Å². The number of piperidine rings is 1. The molecule has 106 valence electrons. The second-order valence-electron chi connectivity index (χ2n) is 4.93. The van der Waals surface area contributed by atoms with Crippen LogP contribution < -0.4 is 5.32 Å². The summed E-state index contributed by atoms with van der Waals surface area (Å²) in [6.07, 6.45) is 1.89. The molecular formula is C13H19ClN2O2S. The van der Waals surface area contributed by atoms with Crippen LogP contribution in [-0.2, 0) is 10.0 Å². The van der Waals surface area contributed by atoms with Gasteiger partial charge in [0.15, 0.2) is 0 Å². The smallest absolute Gasteiger partial charge is 0.243 e. The summed E-state index contributed by atoms with van der Waals surface area (Å²) < 4.78 is 26.8. The number of hydrogen-bond acceptors (Lipinski definition) is 3. The Labute approximate surface area is 119 Å². The van der Waals surface area contributed by atoms with E-state index in [0.717, 1.165) is 24.9 Å². The van der Waals surface area contributed by atoms with E-state index in [1.807, 2.05) is 0 Å². The summed E-state index contributed by atoms with van der Waals surface area (Å²) in [6, 6.07) is 4.98. The van der Waals surface area contributed by atoms with Gasteiger partial charge in [-0.1, -0.05) is 17.7 Å². The predicted octanol–water partition coefficient (Wildman–Crippen LogP) is 2.02. The minimum absolute atomic E-state index is 0.0112. The molecule has 6 heteroatoms. The minimum Gasteiger partial charge on any atom is -0.315 e. The van der Waals surface area contributed by atoms with E-state index in [9.17, 15) is 8.42 Å². The maximum atomic E-state index is 12.6. The van der Waals surface area contributed by atoms with Crippen LogP contribution in [0.15, 0.2) is 23.1 Å². The summed E-state index contributed by atoms with van der Waals surface area (Å²) in [5.41, 5.74) is 0.722. The van der Waals surface area contributed by atoms with Crippen molar-refractivity contribution < 1.29 is 8.42 Å². The van der Waals surface area contributed by atoms with E-state index < -0.39 is 10.0 Å². The second-order valence-corrected chi connectivity index (χ2v) is 7.33.